The fourth-order valence-corrected chi connectivity index (χ4v) is 0.885. The number of benzene rings is 1. The normalized spacial score (nSPS) is 8.62. The molecule has 0 heterocycles. The monoisotopic (exact) mass is 282 g/mol. The zero-order valence-corrected chi connectivity index (χ0v) is 12.3. The molecular formula is C13H21Cl3. The Hall–Kier alpha value is 0.0900. The van der Waals surface area contributed by atoms with Crippen LogP contribution in [0.2, 0.25) is 0 Å². The molecule has 0 unspecified atom stereocenters. The van der Waals surface area contributed by atoms with E-state index in [0.717, 1.165) is 0 Å². The van der Waals surface area contributed by atoms with Crippen molar-refractivity contribution in [3.63, 3.8) is 0 Å². The molecule has 0 atom stereocenters. The number of halogens is 3. The Balaban J connectivity index is 0. The van der Waals surface area contributed by atoms with Crippen molar-refractivity contribution >= 4 is 34.8 Å². The van der Waals surface area contributed by atoms with E-state index in [1.165, 1.54) is 25.7 Å². The number of hydrogen-bond donors (Lipinski definition) is 0. The maximum absolute atomic E-state index is 4.81. The van der Waals surface area contributed by atoms with Crippen molar-refractivity contribution < 1.29 is 0 Å². The van der Waals surface area contributed by atoms with E-state index < -0.39 is 4.30 Å². The zero-order chi connectivity index (χ0) is 12.6. The summed E-state index contributed by atoms with van der Waals surface area (Å²) in [6, 6.07) is 12.0. The van der Waals surface area contributed by atoms with Crippen LogP contribution in [0, 0.1) is 0 Å². The lowest BCUT2D eigenvalue weighted by molar-refractivity contribution is 0.702. The molecule has 0 fully saturated rings. The van der Waals surface area contributed by atoms with Gasteiger partial charge in [0, 0.05) is 0 Å². The van der Waals surface area contributed by atoms with Crippen LogP contribution < -0.4 is 0 Å². The van der Waals surface area contributed by atoms with Crippen LogP contribution in [0.1, 0.15) is 39.5 Å². The van der Waals surface area contributed by atoms with Crippen LogP contribution in [0.25, 0.3) is 0 Å². The molecule has 0 N–H and O–H groups in total. The summed E-state index contributed by atoms with van der Waals surface area (Å²) in [4.78, 5) is 0. The maximum Gasteiger partial charge on any atom is 0.180 e. The third-order valence-electron chi connectivity index (χ3n) is 1.62. The molecule has 0 amide bonds. The molecule has 1 aromatic rings. The van der Waals surface area contributed by atoms with Crippen molar-refractivity contribution in [2.75, 3.05) is 0 Å². The lowest BCUT2D eigenvalue weighted by Crippen LogP contribution is -1.66. The summed E-state index contributed by atoms with van der Waals surface area (Å²) < 4.78 is -0.750. The van der Waals surface area contributed by atoms with Crippen LogP contribution in [0.15, 0.2) is 36.4 Å². The average Bonchev–Trinajstić information content (AvgIpc) is 2.29. The molecular weight excluding hydrogens is 263 g/mol. The molecule has 0 spiro atoms. The first-order valence-corrected chi connectivity index (χ1v) is 6.88. The third kappa shape index (κ3) is 29.2. The standard InChI is InChI=1S/C6H6.C6H14.CHCl3/c1-2-4-6-5-3-1;1-3-5-6-4-2;2-1(3)4/h1-6H;3-6H2,1-2H3;1H. The predicted octanol–water partition coefficient (Wildman–Crippen LogP) is 6.26. The van der Waals surface area contributed by atoms with Crippen molar-refractivity contribution in [3.05, 3.63) is 36.4 Å². The highest BCUT2D eigenvalue weighted by Crippen LogP contribution is 2.03. The molecule has 0 aromatic heterocycles. The van der Waals surface area contributed by atoms with Crippen molar-refractivity contribution in [2.24, 2.45) is 0 Å². The van der Waals surface area contributed by atoms with Gasteiger partial charge < -0.3 is 0 Å². The first-order valence-electron chi connectivity index (χ1n) is 5.57. The molecule has 0 aliphatic rings. The van der Waals surface area contributed by atoms with E-state index in [4.69, 9.17) is 34.8 Å². The highest BCUT2D eigenvalue weighted by atomic mass is 35.6. The van der Waals surface area contributed by atoms with E-state index in [9.17, 15) is 0 Å². The summed E-state index contributed by atoms with van der Waals surface area (Å²) in [5.74, 6) is 0. The average molecular weight is 284 g/mol. The Labute approximate surface area is 115 Å². The Kier molecular flexibility index (Phi) is 20.2. The van der Waals surface area contributed by atoms with E-state index >= 15 is 0 Å². The van der Waals surface area contributed by atoms with Gasteiger partial charge in [0.2, 0.25) is 0 Å². The van der Waals surface area contributed by atoms with Gasteiger partial charge in [0.15, 0.2) is 4.30 Å². The topological polar surface area (TPSA) is 0 Å². The fraction of sp³-hybridized carbons (Fsp3) is 0.538. The molecule has 0 bridgehead atoms. The van der Waals surface area contributed by atoms with Gasteiger partial charge in [-0.3, -0.25) is 0 Å². The Bertz CT molecular complexity index is 154. The second kappa shape index (κ2) is 17.5. The molecule has 0 saturated heterocycles. The van der Waals surface area contributed by atoms with Gasteiger partial charge >= 0.3 is 0 Å². The molecule has 3 heteroatoms. The van der Waals surface area contributed by atoms with Gasteiger partial charge in [-0.1, -0.05) is 111 Å². The lowest BCUT2D eigenvalue weighted by atomic mass is 10.2. The van der Waals surface area contributed by atoms with Gasteiger partial charge in [-0.2, -0.15) is 0 Å². The molecule has 0 saturated carbocycles. The summed E-state index contributed by atoms with van der Waals surface area (Å²) in [5.41, 5.74) is 0. The zero-order valence-electron chi connectivity index (χ0n) is 10.0. The number of hydrogen-bond acceptors (Lipinski definition) is 0. The highest BCUT2D eigenvalue weighted by molar-refractivity contribution is 6.63. The predicted molar refractivity (Wildman–Crippen MR) is 77.6 cm³/mol. The van der Waals surface area contributed by atoms with E-state index in [1.807, 2.05) is 36.4 Å². The molecule has 0 aliphatic heterocycles. The van der Waals surface area contributed by atoms with Crippen molar-refractivity contribution in [2.45, 2.75) is 43.8 Å². The number of rotatable bonds is 3. The first-order chi connectivity index (χ1) is 7.65. The Morgan fingerprint density at radius 1 is 0.688 bits per heavy atom. The quantitative estimate of drug-likeness (QED) is 0.454. The molecule has 16 heavy (non-hydrogen) atoms. The van der Waals surface area contributed by atoms with Gasteiger partial charge in [0.1, 0.15) is 0 Å². The Morgan fingerprint density at radius 2 is 0.875 bits per heavy atom. The smallest absolute Gasteiger partial charge is 0.0874 e. The molecule has 1 rings (SSSR count). The third-order valence-corrected chi connectivity index (χ3v) is 1.62. The minimum atomic E-state index is -0.750. The van der Waals surface area contributed by atoms with Crippen LogP contribution >= 0.6 is 34.8 Å². The Morgan fingerprint density at radius 3 is 1.00 bits per heavy atom. The van der Waals surface area contributed by atoms with Crippen LogP contribution in [0.4, 0.5) is 0 Å². The highest BCUT2D eigenvalue weighted by Gasteiger charge is 1.79. The number of unbranched alkanes of at least 4 members (excludes halogenated alkanes) is 3. The molecule has 0 nitrogen and oxygen atoms in total. The van der Waals surface area contributed by atoms with Crippen LogP contribution in [-0.2, 0) is 0 Å². The summed E-state index contributed by atoms with van der Waals surface area (Å²) in [7, 11) is 0. The van der Waals surface area contributed by atoms with Crippen LogP contribution in [0.3, 0.4) is 0 Å². The second-order valence-electron chi connectivity index (χ2n) is 3.11. The van der Waals surface area contributed by atoms with Gasteiger partial charge in [0.05, 0.1) is 0 Å². The maximum atomic E-state index is 4.81. The second-order valence-corrected chi connectivity index (χ2v) is 5.09. The van der Waals surface area contributed by atoms with Gasteiger partial charge in [-0.05, 0) is 0 Å². The summed E-state index contributed by atoms with van der Waals surface area (Å²) in [6.45, 7) is 4.46. The van der Waals surface area contributed by atoms with E-state index in [0.29, 0.717) is 0 Å². The van der Waals surface area contributed by atoms with E-state index in [-0.39, 0.29) is 0 Å². The fourth-order valence-electron chi connectivity index (χ4n) is 0.885. The lowest BCUT2D eigenvalue weighted by Gasteiger charge is -1.86. The summed E-state index contributed by atoms with van der Waals surface area (Å²) >= 11 is 14.4. The van der Waals surface area contributed by atoms with E-state index in [1.54, 1.807) is 0 Å². The van der Waals surface area contributed by atoms with E-state index in [2.05, 4.69) is 13.8 Å². The molecule has 94 valence electrons. The van der Waals surface area contributed by atoms with Crippen LogP contribution in [-0.4, -0.2) is 4.30 Å². The number of alkyl halides is 3. The minimum absolute atomic E-state index is 0.750. The van der Waals surface area contributed by atoms with Crippen LogP contribution in [0.5, 0.6) is 0 Å². The molecule has 0 aliphatic carbocycles. The summed E-state index contributed by atoms with van der Waals surface area (Å²) in [5, 5.41) is 0. The van der Waals surface area contributed by atoms with Crippen molar-refractivity contribution in [1.29, 1.82) is 0 Å². The minimum Gasteiger partial charge on any atom is -0.0874 e. The summed E-state index contributed by atoms with van der Waals surface area (Å²) in [6.07, 6.45) is 5.54. The van der Waals surface area contributed by atoms with Crippen molar-refractivity contribution in [3.8, 4) is 0 Å². The SMILES string of the molecule is CCCCCC.ClC(Cl)Cl.c1ccccc1. The molecule has 0 radical (unpaired) electrons. The molecule has 1 aromatic carbocycles. The van der Waals surface area contributed by atoms with Crippen molar-refractivity contribution in [1.82, 2.24) is 0 Å². The van der Waals surface area contributed by atoms with Gasteiger partial charge in [-0.25, -0.2) is 0 Å². The largest absolute Gasteiger partial charge is 0.180 e. The first kappa shape index (κ1) is 18.5. The van der Waals surface area contributed by atoms with Gasteiger partial charge in [0.25, 0.3) is 0 Å². The van der Waals surface area contributed by atoms with Gasteiger partial charge in [-0.15, -0.1) is 0 Å².